The Labute approximate surface area is 407 Å². The van der Waals surface area contributed by atoms with E-state index in [1.165, 1.54) is 160 Å². The molecule has 0 saturated carbocycles. The Morgan fingerprint density at radius 2 is 1.03 bits per heavy atom. The fraction of sp³-hybridized carbons (Fsp3) is 0.385. The normalized spacial score (nSPS) is 19.7. The molecule has 3 aliphatic carbocycles. The van der Waals surface area contributed by atoms with Crippen LogP contribution >= 0.6 is 0 Å². The summed E-state index contributed by atoms with van der Waals surface area (Å²) in [5, 5.41) is 9.56. The maximum Gasteiger partial charge on any atom is 0.198 e. The lowest BCUT2D eigenvalue weighted by Crippen LogP contribution is -2.41. The Balaban J connectivity index is 1.22. The zero-order valence-corrected chi connectivity index (χ0v) is 43.3. The molecule has 8 aromatic rings. The van der Waals surface area contributed by atoms with Gasteiger partial charge in [0.2, 0.25) is 0 Å². The van der Waals surface area contributed by atoms with Gasteiger partial charge in [0, 0.05) is 38.9 Å². The Bertz CT molecular complexity index is 3460. The molecule has 0 fully saturated rings. The summed E-state index contributed by atoms with van der Waals surface area (Å²) in [5.41, 5.74) is 25.4. The number of fused-ring (bicyclic) bond motifs is 10. The van der Waals surface area contributed by atoms with Crippen LogP contribution in [0, 0.1) is 6.92 Å². The highest BCUT2D eigenvalue weighted by molar-refractivity contribution is 6.73. The first-order valence-electron chi connectivity index (χ1n) is 25.9. The Kier molecular flexibility index (Phi) is 9.18. The third-order valence-electron chi connectivity index (χ3n) is 18.5. The standard InChI is InChI=1S/C65H71BN2/c1-38-18-20-40(21-19-38)43-33-45(44-34-48-50(64(10,11)30-28-62(48,6)7)36-53(44)67-41-23-24-46-47(32-41)61(4,5)27-26-60(46,2)3)58-59-57(43)56-42-17-15-14-16-39(42)22-25-54(56)68(59)55-37-51-49(35-52(55)66-58)63(8,9)29-31-65(51,12)13/h14-25,32-37,66-67H,26-31H2,1-13H3. The molecule has 0 unspecified atom stereocenters. The van der Waals surface area contributed by atoms with Crippen LogP contribution in [0.1, 0.15) is 161 Å². The summed E-state index contributed by atoms with van der Waals surface area (Å²) in [6.45, 7) is 31.8. The van der Waals surface area contributed by atoms with Gasteiger partial charge in [0.1, 0.15) is 0 Å². The fourth-order valence-corrected chi connectivity index (χ4v) is 13.6. The minimum atomic E-state index is 0.0402. The SMILES string of the molecule is Cc1ccc(-c2cc(-c3cc4c(cc3Nc3ccc5c(c3)C(C)(C)CCC5(C)C)C(C)(C)CCC4(C)C)c3c4c2c2c5ccccc5ccc2n4-c2cc4c(cc2B3)C(C)(C)CCC4(C)C)cc1. The number of aryl methyl sites for hydroxylation is 1. The topological polar surface area (TPSA) is 17.0 Å². The quantitative estimate of drug-likeness (QED) is 0.174. The van der Waals surface area contributed by atoms with Crippen LogP contribution in [0.25, 0.3) is 60.5 Å². The van der Waals surface area contributed by atoms with Crippen LogP contribution in [-0.2, 0) is 32.5 Å². The van der Waals surface area contributed by atoms with E-state index >= 15 is 0 Å². The maximum atomic E-state index is 4.22. The average molecular weight is 891 g/mol. The van der Waals surface area contributed by atoms with Gasteiger partial charge in [-0.1, -0.05) is 161 Å². The molecule has 3 heteroatoms. The molecule has 0 spiro atoms. The average Bonchev–Trinajstić information content (AvgIpc) is 3.65. The number of benzene rings is 7. The second-order valence-corrected chi connectivity index (χ2v) is 25.9. The van der Waals surface area contributed by atoms with Crippen LogP contribution < -0.4 is 16.2 Å². The van der Waals surface area contributed by atoms with Gasteiger partial charge in [0.05, 0.1) is 5.52 Å². The van der Waals surface area contributed by atoms with Crippen molar-refractivity contribution in [1.29, 1.82) is 0 Å². The highest BCUT2D eigenvalue weighted by Gasteiger charge is 2.42. The molecule has 2 heterocycles. The van der Waals surface area contributed by atoms with Gasteiger partial charge in [-0.15, -0.1) is 0 Å². The minimum absolute atomic E-state index is 0.0402. The van der Waals surface area contributed by atoms with Crippen LogP contribution in [-0.4, -0.2) is 11.8 Å². The molecule has 0 amide bonds. The molecular formula is C65H71BN2. The summed E-state index contributed by atoms with van der Waals surface area (Å²) >= 11 is 0. The molecule has 68 heavy (non-hydrogen) atoms. The van der Waals surface area contributed by atoms with E-state index in [1.807, 2.05) is 0 Å². The first kappa shape index (κ1) is 43.7. The van der Waals surface area contributed by atoms with Crippen molar-refractivity contribution < 1.29 is 0 Å². The summed E-state index contributed by atoms with van der Waals surface area (Å²) in [4.78, 5) is 0. The second-order valence-electron chi connectivity index (χ2n) is 25.9. The molecule has 0 saturated heterocycles. The summed E-state index contributed by atoms with van der Waals surface area (Å²) in [7, 11) is 0.876. The Morgan fingerprint density at radius 1 is 0.471 bits per heavy atom. The summed E-state index contributed by atoms with van der Waals surface area (Å²) < 4.78 is 2.72. The molecule has 0 atom stereocenters. The van der Waals surface area contributed by atoms with Crippen LogP contribution in [0.5, 0.6) is 0 Å². The van der Waals surface area contributed by atoms with Gasteiger partial charge >= 0.3 is 0 Å². The van der Waals surface area contributed by atoms with E-state index in [1.54, 1.807) is 0 Å². The maximum absolute atomic E-state index is 4.22. The highest BCUT2D eigenvalue weighted by Crippen LogP contribution is 2.53. The van der Waals surface area contributed by atoms with Crippen molar-refractivity contribution in [3.8, 4) is 27.9 Å². The Hall–Kier alpha value is -5.54. The molecule has 7 aromatic carbocycles. The third kappa shape index (κ3) is 6.42. The monoisotopic (exact) mass is 891 g/mol. The number of aromatic nitrogens is 1. The first-order valence-corrected chi connectivity index (χ1v) is 25.9. The zero-order chi connectivity index (χ0) is 47.7. The third-order valence-corrected chi connectivity index (χ3v) is 18.5. The molecular weight excluding hydrogens is 820 g/mol. The Morgan fingerprint density at radius 3 is 1.68 bits per heavy atom. The van der Waals surface area contributed by atoms with Crippen molar-refractivity contribution in [2.24, 2.45) is 0 Å². The van der Waals surface area contributed by atoms with Crippen molar-refractivity contribution >= 4 is 62.2 Å². The van der Waals surface area contributed by atoms with Gasteiger partial charge in [-0.2, -0.15) is 0 Å². The molecule has 0 radical (unpaired) electrons. The number of rotatable bonds is 4. The van der Waals surface area contributed by atoms with Crippen LogP contribution in [0.3, 0.4) is 0 Å². The summed E-state index contributed by atoms with van der Waals surface area (Å²) in [6, 6.07) is 43.7. The van der Waals surface area contributed by atoms with Crippen molar-refractivity contribution in [2.75, 3.05) is 5.32 Å². The van der Waals surface area contributed by atoms with Gasteiger partial charge in [0.25, 0.3) is 0 Å². The molecule has 344 valence electrons. The minimum Gasteiger partial charge on any atom is -0.355 e. The van der Waals surface area contributed by atoms with E-state index in [9.17, 15) is 0 Å². The van der Waals surface area contributed by atoms with Gasteiger partial charge in [-0.25, -0.2) is 0 Å². The number of anilines is 2. The molecule has 1 aromatic heterocycles. The van der Waals surface area contributed by atoms with Crippen LogP contribution in [0.15, 0.2) is 109 Å². The zero-order valence-electron chi connectivity index (χ0n) is 43.3. The van der Waals surface area contributed by atoms with Gasteiger partial charge < -0.3 is 9.88 Å². The van der Waals surface area contributed by atoms with Gasteiger partial charge in [-0.05, 0) is 187 Å². The van der Waals surface area contributed by atoms with E-state index < -0.39 is 0 Å². The van der Waals surface area contributed by atoms with E-state index in [-0.39, 0.29) is 32.5 Å². The predicted molar refractivity (Wildman–Crippen MR) is 296 cm³/mol. The van der Waals surface area contributed by atoms with E-state index in [0.29, 0.717) is 0 Å². The first-order chi connectivity index (χ1) is 32.0. The lowest BCUT2D eigenvalue weighted by atomic mass is 9.55. The lowest BCUT2D eigenvalue weighted by Gasteiger charge is -2.43. The lowest BCUT2D eigenvalue weighted by molar-refractivity contribution is 0.332. The number of hydrogen-bond donors (Lipinski definition) is 1. The van der Waals surface area contributed by atoms with Crippen molar-refractivity contribution in [3.63, 3.8) is 0 Å². The second kappa shape index (κ2) is 14.3. The van der Waals surface area contributed by atoms with Crippen LogP contribution in [0.2, 0.25) is 0 Å². The molecule has 2 nitrogen and oxygen atoms in total. The molecule has 1 N–H and O–H groups in total. The van der Waals surface area contributed by atoms with Gasteiger partial charge in [0.15, 0.2) is 7.28 Å². The van der Waals surface area contributed by atoms with E-state index in [2.05, 4.69) is 209 Å². The molecule has 12 rings (SSSR count). The number of nitrogens with zero attached hydrogens (tertiary/aromatic N) is 1. The highest BCUT2D eigenvalue weighted by atomic mass is 15.0. The molecule has 1 aliphatic heterocycles. The smallest absolute Gasteiger partial charge is 0.198 e. The summed E-state index contributed by atoms with van der Waals surface area (Å²) in [5.74, 6) is 0. The molecule has 0 bridgehead atoms. The van der Waals surface area contributed by atoms with Crippen molar-refractivity contribution in [1.82, 2.24) is 4.57 Å². The van der Waals surface area contributed by atoms with Gasteiger partial charge in [-0.3, -0.25) is 0 Å². The predicted octanol–water partition coefficient (Wildman–Crippen LogP) is 16.1. The summed E-state index contributed by atoms with van der Waals surface area (Å²) in [6.07, 6.45) is 7.13. The van der Waals surface area contributed by atoms with E-state index in [0.717, 1.165) is 7.28 Å². The fourth-order valence-electron chi connectivity index (χ4n) is 13.6. The number of nitrogens with one attached hydrogen (secondary N) is 1. The van der Waals surface area contributed by atoms with E-state index in [4.69, 9.17) is 0 Å². The largest absolute Gasteiger partial charge is 0.355 e. The van der Waals surface area contributed by atoms with Crippen LogP contribution in [0.4, 0.5) is 11.4 Å². The van der Waals surface area contributed by atoms with Crippen molar-refractivity contribution in [2.45, 2.75) is 161 Å². The van der Waals surface area contributed by atoms with Crippen molar-refractivity contribution in [3.05, 3.63) is 148 Å². The number of hydrogen-bond acceptors (Lipinski definition) is 1. The molecule has 4 aliphatic rings.